The van der Waals surface area contributed by atoms with Gasteiger partial charge in [0.2, 0.25) is 0 Å². The van der Waals surface area contributed by atoms with E-state index >= 15 is 0 Å². The molecule has 0 saturated heterocycles. The summed E-state index contributed by atoms with van der Waals surface area (Å²) in [4.78, 5) is 0. The molecule has 0 bridgehead atoms. The maximum absolute atomic E-state index is 5.55. The van der Waals surface area contributed by atoms with Gasteiger partial charge in [0.1, 0.15) is 0 Å². The molecule has 2 saturated carbocycles. The first-order chi connectivity index (χ1) is 8.27. The van der Waals surface area contributed by atoms with E-state index in [1.807, 2.05) is 0 Å². The summed E-state index contributed by atoms with van der Waals surface area (Å²) >= 11 is 0. The molecule has 0 amide bonds. The third-order valence-electron chi connectivity index (χ3n) is 3.57. The highest BCUT2D eigenvalue weighted by atomic mass is 16.5. The van der Waals surface area contributed by atoms with Crippen LogP contribution >= 0.6 is 0 Å². The van der Waals surface area contributed by atoms with E-state index < -0.39 is 0 Å². The van der Waals surface area contributed by atoms with Crippen molar-refractivity contribution in [3.8, 4) is 0 Å². The highest BCUT2D eigenvalue weighted by Crippen LogP contribution is 2.44. The number of nitrogens with one attached hydrogen (secondary N) is 1. The number of hydrogen-bond donors (Lipinski definition) is 1. The van der Waals surface area contributed by atoms with Gasteiger partial charge >= 0.3 is 0 Å². The normalized spacial score (nSPS) is 20.5. The number of ether oxygens (including phenoxy) is 2. The van der Waals surface area contributed by atoms with Gasteiger partial charge in [-0.2, -0.15) is 0 Å². The van der Waals surface area contributed by atoms with Crippen LogP contribution in [-0.4, -0.2) is 38.5 Å². The predicted octanol–water partition coefficient (Wildman–Crippen LogP) is 2.21. The van der Waals surface area contributed by atoms with Crippen LogP contribution in [-0.2, 0) is 9.47 Å². The van der Waals surface area contributed by atoms with Crippen LogP contribution in [0.1, 0.15) is 39.5 Å². The standard InChI is InChI=1S/C14H27NO2/c1-11(2)17-10-9-16-8-7-15-14(12-3-4-12)13-5-6-13/h11-15H,3-10H2,1-2H3. The van der Waals surface area contributed by atoms with Crippen molar-refractivity contribution in [3.05, 3.63) is 0 Å². The lowest BCUT2D eigenvalue weighted by Crippen LogP contribution is -2.35. The fraction of sp³-hybridized carbons (Fsp3) is 1.00. The Morgan fingerprint density at radius 1 is 1.00 bits per heavy atom. The maximum atomic E-state index is 5.55. The lowest BCUT2D eigenvalue weighted by atomic mass is 10.1. The van der Waals surface area contributed by atoms with Gasteiger partial charge in [0.25, 0.3) is 0 Å². The first-order valence-corrected chi connectivity index (χ1v) is 7.20. The molecule has 0 atom stereocenters. The summed E-state index contributed by atoms with van der Waals surface area (Å²) in [6, 6.07) is 0.797. The summed E-state index contributed by atoms with van der Waals surface area (Å²) in [6.45, 7) is 7.36. The van der Waals surface area contributed by atoms with E-state index in [-0.39, 0.29) is 0 Å². The van der Waals surface area contributed by atoms with Crippen LogP contribution in [0.2, 0.25) is 0 Å². The zero-order chi connectivity index (χ0) is 12.1. The van der Waals surface area contributed by atoms with Crippen LogP contribution in [0.5, 0.6) is 0 Å². The molecule has 0 aromatic heterocycles. The van der Waals surface area contributed by atoms with Crippen molar-refractivity contribution in [2.24, 2.45) is 11.8 Å². The first kappa shape index (κ1) is 13.3. The minimum Gasteiger partial charge on any atom is -0.378 e. The van der Waals surface area contributed by atoms with Crippen molar-refractivity contribution < 1.29 is 9.47 Å². The summed E-state index contributed by atoms with van der Waals surface area (Å²) in [5.74, 6) is 1.96. The molecule has 17 heavy (non-hydrogen) atoms. The van der Waals surface area contributed by atoms with Crippen molar-refractivity contribution in [2.45, 2.75) is 51.7 Å². The second kappa shape index (κ2) is 6.72. The molecule has 0 unspecified atom stereocenters. The van der Waals surface area contributed by atoms with E-state index in [4.69, 9.17) is 9.47 Å². The van der Waals surface area contributed by atoms with Crippen molar-refractivity contribution in [2.75, 3.05) is 26.4 Å². The Kier molecular flexibility index (Phi) is 5.26. The van der Waals surface area contributed by atoms with E-state index in [2.05, 4.69) is 19.2 Å². The summed E-state index contributed by atoms with van der Waals surface area (Å²) in [5.41, 5.74) is 0. The first-order valence-electron chi connectivity index (χ1n) is 7.20. The van der Waals surface area contributed by atoms with E-state index in [1.165, 1.54) is 25.7 Å². The van der Waals surface area contributed by atoms with Gasteiger partial charge in [-0.1, -0.05) is 0 Å². The van der Waals surface area contributed by atoms with Crippen molar-refractivity contribution >= 4 is 0 Å². The lowest BCUT2D eigenvalue weighted by molar-refractivity contribution is 0.0198. The van der Waals surface area contributed by atoms with Gasteiger partial charge in [0.05, 0.1) is 25.9 Å². The van der Waals surface area contributed by atoms with Crippen LogP contribution in [0.3, 0.4) is 0 Å². The Hall–Kier alpha value is -0.120. The van der Waals surface area contributed by atoms with E-state index in [0.29, 0.717) is 12.7 Å². The molecule has 0 aromatic carbocycles. The molecule has 1 N–H and O–H groups in total. The molecule has 0 aliphatic heterocycles. The highest BCUT2D eigenvalue weighted by molar-refractivity contribution is 4.96. The van der Waals surface area contributed by atoms with Crippen molar-refractivity contribution in [1.29, 1.82) is 0 Å². The molecule has 2 aliphatic rings. The molecule has 0 radical (unpaired) electrons. The average molecular weight is 241 g/mol. The molecule has 0 heterocycles. The molecule has 2 fully saturated rings. The van der Waals surface area contributed by atoms with E-state index in [1.54, 1.807) is 0 Å². The van der Waals surface area contributed by atoms with Crippen molar-refractivity contribution in [1.82, 2.24) is 5.32 Å². The van der Waals surface area contributed by atoms with Gasteiger partial charge < -0.3 is 14.8 Å². The van der Waals surface area contributed by atoms with Gasteiger partial charge in [0, 0.05) is 12.6 Å². The Bertz CT molecular complexity index is 200. The van der Waals surface area contributed by atoms with Crippen molar-refractivity contribution in [3.63, 3.8) is 0 Å². The molecule has 0 aromatic rings. The van der Waals surface area contributed by atoms with Crippen LogP contribution in [0.15, 0.2) is 0 Å². The van der Waals surface area contributed by atoms with E-state index in [0.717, 1.165) is 37.6 Å². The Balaban J connectivity index is 1.42. The van der Waals surface area contributed by atoms with Gasteiger partial charge in [-0.05, 0) is 51.4 Å². The smallest absolute Gasteiger partial charge is 0.0703 e. The summed E-state index contributed by atoms with van der Waals surface area (Å²) < 4.78 is 11.0. The Labute approximate surface area is 105 Å². The monoisotopic (exact) mass is 241 g/mol. The fourth-order valence-corrected chi connectivity index (χ4v) is 2.37. The largest absolute Gasteiger partial charge is 0.378 e. The molecular formula is C14H27NO2. The minimum atomic E-state index is 0.311. The van der Waals surface area contributed by atoms with Gasteiger partial charge in [-0.15, -0.1) is 0 Å². The van der Waals surface area contributed by atoms with E-state index in [9.17, 15) is 0 Å². The molecule has 3 nitrogen and oxygen atoms in total. The third-order valence-corrected chi connectivity index (χ3v) is 3.57. The SMILES string of the molecule is CC(C)OCCOCCNC(C1CC1)C1CC1. The minimum absolute atomic E-state index is 0.311. The summed E-state index contributed by atoms with van der Waals surface area (Å²) in [5, 5.41) is 3.68. The predicted molar refractivity (Wildman–Crippen MR) is 69.1 cm³/mol. The second-order valence-corrected chi connectivity index (χ2v) is 5.69. The molecule has 0 spiro atoms. The second-order valence-electron chi connectivity index (χ2n) is 5.69. The number of rotatable bonds is 10. The van der Waals surface area contributed by atoms with Gasteiger partial charge in [-0.3, -0.25) is 0 Å². The number of hydrogen-bond acceptors (Lipinski definition) is 3. The Morgan fingerprint density at radius 3 is 2.18 bits per heavy atom. The quantitative estimate of drug-likeness (QED) is 0.595. The van der Waals surface area contributed by atoms with Crippen LogP contribution < -0.4 is 5.32 Å². The zero-order valence-electron chi connectivity index (χ0n) is 11.3. The molecule has 2 rings (SSSR count). The lowest BCUT2D eigenvalue weighted by Gasteiger charge is -2.17. The molecule has 100 valence electrons. The molecule has 3 heteroatoms. The summed E-state index contributed by atoms with van der Waals surface area (Å²) in [7, 11) is 0. The average Bonchev–Trinajstić information content (AvgIpc) is 3.15. The highest BCUT2D eigenvalue weighted by Gasteiger charge is 2.40. The fourth-order valence-electron chi connectivity index (χ4n) is 2.37. The molecular weight excluding hydrogens is 214 g/mol. The van der Waals surface area contributed by atoms with Crippen LogP contribution in [0.4, 0.5) is 0 Å². The molecule has 2 aliphatic carbocycles. The van der Waals surface area contributed by atoms with Gasteiger partial charge in [0.15, 0.2) is 0 Å². The zero-order valence-corrected chi connectivity index (χ0v) is 11.3. The van der Waals surface area contributed by atoms with Gasteiger partial charge in [-0.25, -0.2) is 0 Å². The third kappa shape index (κ3) is 5.36. The Morgan fingerprint density at radius 2 is 1.65 bits per heavy atom. The summed E-state index contributed by atoms with van der Waals surface area (Å²) in [6.07, 6.45) is 6.08. The van der Waals surface area contributed by atoms with Crippen LogP contribution in [0, 0.1) is 11.8 Å². The topological polar surface area (TPSA) is 30.5 Å². The maximum Gasteiger partial charge on any atom is 0.0703 e. The van der Waals surface area contributed by atoms with Crippen LogP contribution in [0.25, 0.3) is 0 Å².